The molecule has 1 amide bonds. The van der Waals surface area contributed by atoms with Crippen molar-refractivity contribution in [3.05, 3.63) is 53.3 Å². The van der Waals surface area contributed by atoms with Gasteiger partial charge in [0, 0.05) is 16.4 Å². The number of benzene rings is 2. The van der Waals surface area contributed by atoms with E-state index in [0.29, 0.717) is 10.7 Å². The Kier molecular flexibility index (Phi) is 4.93. The van der Waals surface area contributed by atoms with Crippen LogP contribution in [0.3, 0.4) is 0 Å². The average molecular weight is 327 g/mol. The van der Waals surface area contributed by atoms with E-state index in [1.807, 2.05) is 0 Å². The molecule has 0 saturated heterocycles. The summed E-state index contributed by atoms with van der Waals surface area (Å²) in [5.41, 5.74) is 6.14. The van der Waals surface area contributed by atoms with Gasteiger partial charge in [0.05, 0.1) is 15.7 Å². The lowest BCUT2D eigenvalue weighted by Gasteiger charge is -2.07. The first-order valence-electron chi connectivity index (χ1n) is 5.94. The van der Waals surface area contributed by atoms with E-state index in [1.165, 1.54) is 12.1 Å². The molecule has 1 atom stereocenters. The molecular weight excluding hydrogens is 315 g/mol. The molecule has 7 heteroatoms. The third-order valence-electron chi connectivity index (χ3n) is 2.57. The maximum Gasteiger partial charge on any atom is 0.237 e. The summed E-state index contributed by atoms with van der Waals surface area (Å²) >= 11 is 5.79. The van der Waals surface area contributed by atoms with Crippen molar-refractivity contribution in [3.8, 4) is 0 Å². The van der Waals surface area contributed by atoms with Gasteiger partial charge in [-0.1, -0.05) is 17.7 Å². The van der Waals surface area contributed by atoms with Crippen molar-refractivity contribution in [2.75, 3.05) is 16.8 Å². The molecule has 110 valence electrons. The largest absolute Gasteiger partial charge is 0.399 e. The van der Waals surface area contributed by atoms with E-state index in [-0.39, 0.29) is 16.3 Å². The Morgan fingerprint density at radius 1 is 1.29 bits per heavy atom. The van der Waals surface area contributed by atoms with Crippen LogP contribution in [-0.2, 0) is 15.6 Å². The molecule has 4 nitrogen and oxygen atoms in total. The van der Waals surface area contributed by atoms with Crippen LogP contribution in [0.15, 0.2) is 47.4 Å². The summed E-state index contributed by atoms with van der Waals surface area (Å²) in [7, 11) is -1.79. The second-order valence-electron chi connectivity index (χ2n) is 4.24. The number of nitrogens with one attached hydrogen (secondary N) is 1. The van der Waals surface area contributed by atoms with Gasteiger partial charge in [0.25, 0.3) is 0 Å². The number of carbonyl (C=O) groups is 1. The Labute approximate surface area is 128 Å². The van der Waals surface area contributed by atoms with Crippen LogP contribution in [0.5, 0.6) is 0 Å². The Balaban J connectivity index is 2.04. The van der Waals surface area contributed by atoms with E-state index in [2.05, 4.69) is 5.32 Å². The third kappa shape index (κ3) is 4.27. The number of rotatable bonds is 4. The predicted molar refractivity (Wildman–Crippen MR) is 82.2 cm³/mol. The van der Waals surface area contributed by atoms with Crippen LogP contribution in [0.2, 0.25) is 5.02 Å². The Bertz CT molecular complexity index is 709. The van der Waals surface area contributed by atoms with Gasteiger partial charge in [-0.2, -0.15) is 0 Å². The molecule has 0 aliphatic rings. The minimum absolute atomic E-state index is 0.0505. The SMILES string of the molecule is Nc1ccc(S(=O)CC(=O)Nc2cccc(Cl)c2)c(F)c1. The third-order valence-corrected chi connectivity index (χ3v) is 4.15. The van der Waals surface area contributed by atoms with E-state index >= 15 is 0 Å². The highest BCUT2D eigenvalue weighted by molar-refractivity contribution is 7.85. The molecule has 3 N–H and O–H groups in total. The van der Waals surface area contributed by atoms with E-state index in [4.69, 9.17) is 17.3 Å². The van der Waals surface area contributed by atoms with Crippen molar-refractivity contribution >= 4 is 39.7 Å². The summed E-state index contributed by atoms with van der Waals surface area (Å²) in [5, 5.41) is 3.02. The van der Waals surface area contributed by atoms with Gasteiger partial charge in [0.1, 0.15) is 11.6 Å². The van der Waals surface area contributed by atoms with Crippen LogP contribution in [0.1, 0.15) is 0 Å². The van der Waals surface area contributed by atoms with Crippen molar-refractivity contribution in [2.24, 2.45) is 0 Å². The van der Waals surface area contributed by atoms with Crippen molar-refractivity contribution < 1.29 is 13.4 Å². The first-order valence-corrected chi connectivity index (χ1v) is 7.64. The van der Waals surface area contributed by atoms with Gasteiger partial charge < -0.3 is 11.1 Å². The summed E-state index contributed by atoms with van der Waals surface area (Å²) in [6, 6.07) is 10.4. The van der Waals surface area contributed by atoms with Crippen LogP contribution >= 0.6 is 11.6 Å². The van der Waals surface area contributed by atoms with Crippen molar-refractivity contribution in [3.63, 3.8) is 0 Å². The van der Waals surface area contributed by atoms with Crippen molar-refractivity contribution in [1.82, 2.24) is 0 Å². The molecule has 0 aliphatic heterocycles. The number of halogens is 2. The lowest BCUT2D eigenvalue weighted by molar-refractivity contribution is -0.113. The minimum atomic E-state index is -1.79. The van der Waals surface area contributed by atoms with Gasteiger partial charge in [-0.3, -0.25) is 9.00 Å². The van der Waals surface area contributed by atoms with Gasteiger partial charge in [-0.25, -0.2) is 4.39 Å². The average Bonchev–Trinajstić information content (AvgIpc) is 2.38. The van der Waals surface area contributed by atoms with Crippen molar-refractivity contribution in [1.29, 1.82) is 0 Å². The minimum Gasteiger partial charge on any atom is -0.399 e. The second-order valence-corrected chi connectivity index (χ2v) is 6.09. The maximum absolute atomic E-state index is 13.6. The Hall–Kier alpha value is -1.92. The number of nitrogen functional groups attached to an aromatic ring is 1. The van der Waals surface area contributed by atoms with Gasteiger partial charge in [-0.15, -0.1) is 0 Å². The summed E-state index contributed by atoms with van der Waals surface area (Å²) in [4.78, 5) is 11.7. The number of nitrogens with two attached hydrogens (primary N) is 1. The van der Waals surface area contributed by atoms with E-state index < -0.39 is 22.5 Å². The van der Waals surface area contributed by atoms with Crippen molar-refractivity contribution in [2.45, 2.75) is 4.90 Å². The molecule has 0 aliphatic carbocycles. The molecule has 1 unspecified atom stereocenters. The molecule has 0 aromatic heterocycles. The number of hydrogen-bond donors (Lipinski definition) is 2. The molecule has 0 saturated carbocycles. The molecule has 2 aromatic carbocycles. The van der Waals surface area contributed by atoms with Gasteiger partial charge >= 0.3 is 0 Å². The highest BCUT2D eigenvalue weighted by Crippen LogP contribution is 2.17. The quantitative estimate of drug-likeness (QED) is 0.849. The molecule has 2 rings (SSSR count). The number of carbonyl (C=O) groups excluding carboxylic acids is 1. The standard InChI is InChI=1S/C14H12ClFN2O2S/c15-9-2-1-3-11(6-9)18-14(19)8-21(20)13-5-4-10(17)7-12(13)16/h1-7H,8,17H2,(H,18,19). The molecule has 2 aromatic rings. The monoisotopic (exact) mass is 326 g/mol. The second kappa shape index (κ2) is 6.69. The molecule has 0 spiro atoms. The smallest absolute Gasteiger partial charge is 0.237 e. The lowest BCUT2D eigenvalue weighted by Crippen LogP contribution is -2.20. The number of amides is 1. The first-order chi connectivity index (χ1) is 9.95. The van der Waals surface area contributed by atoms with E-state index in [9.17, 15) is 13.4 Å². The molecule has 21 heavy (non-hydrogen) atoms. The molecular formula is C14H12ClFN2O2S. The fraction of sp³-hybridized carbons (Fsp3) is 0.0714. The Morgan fingerprint density at radius 3 is 2.71 bits per heavy atom. The van der Waals surface area contributed by atoms with E-state index in [1.54, 1.807) is 24.3 Å². The lowest BCUT2D eigenvalue weighted by atomic mass is 10.3. The summed E-state index contributed by atoms with van der Waals surface area (Å²) in [6.07, 6.45) is 0. The summed E-state index contributed by atoms with van der Waals surface area (Å²) in [6.45, 7) is 0. The molecule has 0 heterocycles. The predicted octanol–water partition coefficient (Wildman–Crippen LogP) is 2.81. The van der Waals surface area contributed by atoms with Crippen LogP contribution < -0.4 is 11.1 Å². The van der Waals surface area contributed by atoms with E-state index in [0.717, 1.165) is 6.07 Å². The zero-order valence-corrected chi connectivity index (χ0v) is 12.4. The Morgan fingerprint density at radius 2 is 2.05 bits per heavy atom. The zero-order chi connectivity index (χ0) is 15.4. The summed E-state index contributed by atoms with van der Waals surface area (Å²) < 4.78 is 25.6. The zero-order valence-electron chi connectivity index (χ0n) is 10.8. The topological polar surface area (TPSA) is 72.2 Å². The normalized spacial score (nSPS) is 11.9. The van der Waals surface area contributed by atoms with Gasteiger partial charge in [0.2, 0.25) is 5.91 Å². The first kappa shape index (κ1) is 15.5. The molecule has 0 radical (unpaired) electrons. The number of anilines is 2. The van der Waals surface area contributed by atoms with Gasteiger partial charge in [-0.05, 0) is 36.4 Å². The van der Waals surface area contributed by atoms with Crippen LogP contribution in [-0.4, -0.2) is 15.9 Å². The van der Waals surface area contributed by atoms with Crippen LogP contribution in [0, 0.1) is 5.82 Å². The molecule has 0 fully saturated rings. The highest BCUT2D eigenvalue weighted by Gasteiger charge is 2.14. The number of hydrogen-bond acceptors (Lipinski definition) is 3. The molecule has 0 bridgehead atoms. The highest BCUT2D eigenvalue weighted by atomic mass is 35.5. The van der Waals surface area contributed by atoms with Gasteiger partial charge in [0.15, 0.2) is 0 Å². The fourth-order valence-corrected chi connectivity index (χ4v) is 2.81. The maximum atomic E-state index is 13.6. The van der Waals surface area contributed by atoms with Crippen LogP contribution in [0.25, 0.3) is 0 Å². The van der Waals surface area contributed by atoms with Crippen LogP contribution in [0.4, 0.5) is 15.8 Å². The fourth-order valence-electron chi connectivity index (χ4n) is 1.66. The summed E-state index contributed by atoms with van der Waals surface area (Å²) in [5.74, 6) is -1.54.